The first-order valence-corrected chi connectivity index (χ1v) is 6.81. The van der Waals surface area contributed by atoms with E-state index in [1.54, 1.807) is 6.92 Å². The molecule has 0 aliphatic rings. The van der Waals surface area contributed by atoms with Crippen LogP contribution in [0.5, 0.6) is 0 Å². The predicted octanol–water partition coefficient (Wildman–Crippen LogP) is 0.960. The number of halogens is 1. The summed E-state index contributed by atoms with van der Waals surface area (Å²) in [6, 6.07) is 4.08. The van der Waals surface area contributed by atoms with Crippen LogP contribution in [0.4, 0.5) is 5.69 Å². The molecule has 0 bridgehead atoms. The van der Waals surface area contributed by atoms with Crippen molar-refractivity contribution in [3.8, 4) is 0 Å². The first-order valence-electron chi connectivity index (χ1n) is 4.89. The minimum atomic E-state index is -3.89. The molecule has 5 nitrogen and oxygen atoms in total. The fourth-order valence-corrected chi connectivity index (χ4v) is 3.60. The number of sulfone groups is 1. The third-order valence-corrected chi connectivity index (χ3v) is 5.03. The second-order valence-electron chi connectivity index (χ2n) is 3.53. The number of anilines is 1. The Bertz CT molecular complexity index is 542. The van der Waals surface area contributed by atoms with Gasteiger partial charge < -0.3 is 11.5 Å². The Morgan fingerprint density at radius 1 is 1.47 bits per heavy atom. The molecule has 94 valence electrons. The lowest BCUT2D eigenvalue weighted by Gasteiger charge is -2.13. The molecule has 1 rings (SSSR count). The van der Waals surface area contributed by atoms with Crippen molar-refractivity contribution in [1.82, 2.24) is 0 Å². The maximum atomic E-state index is 12.1. The van der Waals surface area contributed by atoms with E-state index in [4.69, 9.17) is 23.1 Å². The molecule has 0 fully saturated rings. The van der Waals surface area contributed by atoms with Crippen molar-refractivity contribution >= 4 is 33.0 Å². The first-order chi connectivity index (χ1) is 7.80. The van der Waals surface area contributed by atoms with Crippen molar-refractivity contribution in [2.45, 2.75) is 23.5 Å². The van der Waals surface area contributed by atoms with E-state index in [0.29, 0.717) is 0 Å². The van der Waals surface area contributed by atoms with Gasteiger partial charge in [0.25, 0.3) is 0 Å². The molecule has 0 spiro atoms. The number of rotatable bonds is 4. The van der Waals surface area contributed by atoms with Crippen LogP contribution in [-0.4, -0.2) is 19.6 Å². The fourth-order valence-electron chi connectivity index (χ4n) is 1.46. The molecule has 1 unspecified atom stereocenters. The number of nitrogen functional groups attached to an aromatic ring is 1. The van der Waals surface area contributed by atoms with E-state index in [1.165, 1.54) is 18.2 Å². The van der Waals surface area contributed by atoms with Gasteiger partial charge in [-0.3, -0.25) is 4.79 Å². The molecule has 1 atom stereocenters. The lowest BCUT2D eigenvalue weighted by Crippen LogP contribution is -2.35. The van der Waals surface area contributed by atoms with Gasteiger partial charge in [0.15, 0.2) is 9.84 Å². The van der Waals surface area contributed by atoms with Crippen LogP contribution in [0.25, 0.3) is 0 Å². The normalized spacial score (nSPS) is 13.3. The lowest BCUT2D eigenvalue weighted by molar-refractivity contribution is -0.117. The van der Waals surface area contributed by atoms with E-state index in [1.807, 2.05) is 0 Å². The van der Waals surface area contributed by atoms with E-state index < -0.39 is 21.0 Å². The molecule has 0 saturated heterocycles. The van der Waals surface area contributed by atoms with Gasteiger partial charge in [-0.2, -0.15) is 0 Å². The zero-order chi connectivity index (χ0) is 13.2. The molecule has 0 heterocycles. The van der Waals surface area contributed by atoms with Crippen molar-refractivity contribution < 1.29 is 13.2 Å². The van der Waals surface area contributed by atoms with E-state index in [2.05, 4.69) is 0 Å². The van der Waals surface area contributed by atoms with Crippen LogP contribution in [0.15, 0.2) is 23.1 Å². The number of benzene rings is 1. The summed E-state index contributed by atoms with van der Waals surface area (Å²) in [6.45, 7) is 1.56. The van der Waals surface area contributed by atoms with Crippen molar-refractivity contribution in [3.63, 3.8) is 0 Å². The van der Waals surface area contributed by atoms with Crippen LogP contribution in [0.3, 0.4) is 0 Å². The number of hydrogen-bond donors (Lipinski definition) is 2. The second-order valence-corrected chi connectivity index (χ2v) is 6.04. The molecule has 7 heteroatoms. The van der Waals surface area contributed by atoms with Gasteiger partial charge in [-0.1, -0.05) is 18.5 Å². The van der Waals surface area contributed by atoms with Crippen LogP contribution < -0.4 is 11.5 Å². The zero-order valence-corrected chi connectivity index (χ0v) is 10.8. The van der Waals surface area contributed by atoms with Crippen LogP contribution in [-0.2, 0) is 14.6 Å². The highest BCUT2D eigenvalue weighted by Crippen LogP contribution is 2.27. The van der Waals surface area contributed by atoms with Gasteiger partial charge in [0.2, 0.25) is 5.91 Å². The average Bonchev–Trinajstić information content (AvgIpc) is 2.21. The van der Waals surface area contributed by atoms with Crippen molar-refractivity contribution in [3.05, 3.63) is 23.2 Å². The van der Waals surface area contributed by atoms with Crippen LogP contribution in [0.2, 0.25) is 5.02 Å². The average molecular weight is 277 g/mol. The minimum absolute atomic E-state index is 0.0268. The highest BCUT2D eigenvalue weighted by Gasteiger charge is 2.32. The van der Waals surface area contributed by atoms with Crippen molar-refractivity contribution in [1.29, 1.82) is 0 Å². The molecule has 0 saturated carbocycles. The zero-order valence-electron chi connectivity index (χ0n) is 9.18. The quantitative estimate of drug-likeness (QED) is 0.799. The van der Waals surface area contributed by atoms with E-state index >= 15 is 0 Å². The van der Waals surface area contributed by atoms with Gasteiger partial charge in [-0.25, -0.2) is 8.42 Å². The largest absolute Gasteiger partial charge is 0.399 e. The van der Waals surface area contributed by atoms with E-state index in [9.17, 15) is 13.2 Å². The number of hydrogen-bond acceptors (Lipinski definition) is 4. The predicted molar refractivity (Wildman–Crippen MR) is 66.3 cm³/mol. The summed E-state index contributed by atoms with van der Waals surface area (Å²) in [5, 5.41) is -1.26. The van der Waals surface area contributed by atoms with Gasteiger partial charge in [0.1, 0.15) is 5.25 Å². The van der Waals surface area contributed by atoms with Gasteiger partial charge >= 0.3 is 0 Å². The number of nitrogens with two attached hydrogens (primary N) is 2. The Labute approximate surface area is 105 Å². The maximum absolute atomic E-state index is 12.1. The molecule has 0 radical (unpaired) electrons. The Morgan fingerprint density at radius 3 is 2.53 bits per heavy atom. The molecule has 4 N–H and O–H groups in total. The molecule has 1 aromatic rings. The summed E-state index contributed by atoms with van der Waals surface area (Å²) in [7, 11) is -3.89. The first kappa shape index (κ1) is 13.8. The number of carbonyl (C=O) groups excluding carboxylic acids is 1. The Kier molecular flexibility index (Phi) is 4.00. The number of carbonyl (C=O) groups is 1. The monoisotopic (exact) mass is 276 g/mol. The highest BCUT2D eigenvalue weighted by molar-refractivity contribution is 7.93. The molecular formula is C10H13ClN2O3S. The Hall–Kier alpha value is -1.27. The summed E-state index contributed by atoms with van der Waals surface area (Å²) in [6.07, 6.45) is 0.0861. The second kappa shape index (κ2) is 4.93. The molecule has 1 amide bonds. The molecule has 0 aliphatic carbocycles. The molecule has 17 heavy (non-hydrogen) atoms. The Balaban J connectivity index is 3.40. The van der Waals surface area contributed by atoms with Crippen molar-refractivity contribution in [2.24, 2.45) is 5.73 Å². The molecule has 0 aliphatic heterocycles. The molecule has 0 aromatic heterocycles. The number of primary amides is 1. The highest BCUT2D eigenvalue weighted by atomic mass is 35.5. The summed E-state index contributed by atoms with van der Waals surface area (Å²) < 4.78 is 24.3. The molecular weight excluding hydrogens is 264 g/mol. The van der Waals surface area contributed by atoms with Gasteiger partial charge in [-0.05, 0) is 24.6 Å². The van der Waals surface area contributed by atoms with E-state index in [-0.39, 0.29) is 22.0 Å². The minimum Gasteiger partial charge on any atom is -0.399 e. The van der Waals surface area contributed by atoms with Gasteiger partial charge in [0.05, 0.1) is 9.92 Å². The maximum Gasteiger partial charge on any atom is 0.236 e. The summed E-state index contributed by atoms with van der Waals surface area (Å²) in [4.78, 5) is 11.0. The third kappa shape index (κ3) is 2.70. The summed E-state index contributed by atoms with van der Waals surface area (Å²) in [5.74, 6) is -0.897. The third-order valence-electron chi connectivity index (χ3n) is 2.32. The molecule has 1 aromatic carbocycles. The van der Waals surface area contributed by atoms with Crippen LogP contribution >= 0.6 is 11.6 Å². The topological polar surface area (TPSA) is 103 Å². The SMILES string of the molecule is CCC(C(N)=O)S(=O)(=O)c1cc(N)ccc1Cl. The van der Waals surface area contributed by atoms with Gasteiger partial charge in [-0.15, -0.1) is 0 Å². The lowest BCUT2D eigenvalue weighted by atomic mass is 10.3. The summed E-state index contributed by atoms with van der Waals surface area (Å²) >= 11 is 5.80. The number of amides is 1. The Morgan fingerprint density at radius 2 is 2.06 bits per heavy atom. The fraction of sp³-hybridized carbons (Fsp3) is 0.300. The van der Waals surface area contributed by atoms with Crippen LogP contribution in [0, 0.1) is 0 Å². The van der Waals surface area contributed by atoms with Crippen molar-refractivity contribution in [2.75, 3.05) is 5.73 Å². The standard InChI is InChI=1S/C10H13ClN2O3S/c1-2-8(10(13)14)17(15,16)9-5-6(12)3-4-7(9)11/h3-5,8H,2,12H2,1H3,(H2,13,14). The smallest absolute Gasteiger partial charge is 0.236 e. The van der Waals surface area contributed by atoms with Gasteiger partial charge in [0, 0.05) is 5.69 Å². The van der Waals surface area contributed by atoms with E-state index in [0.717, 1.165) is 0 Å². The summed E-state index contributed by atoms with van der Waals surface area (Å²) in [5.41, 5.74) is 10.8. The van der Waals surface area contributed by atoms with Crippen LogP contribution in [0.1, 0.15) is 13.3 Å².